The molecule has 1 saturated carbocycles. The van der Waals surface area contributed by atoms with Crippen LogP contribution in [0.5, 0.6) is 5.75 Å². The van der Waals surface area contributed by atoms with Crippen LogP contribution >= 0.6 is 11.6 Å². The summed E-state index contributed by atoms with van der Waals surface area (Å²) in [6.45, 7) is 0. The molecule has 1 aliphatic rings. The van der Waals surface area contributed by atoms with Gasteiger partial charge in [-0.3, -0.25) is 4.79 Å². The zero-order valence-corrected chi connectivity index (χ0v) is 13.7. The van der Waals surface area contributed by atoms with E-state index in [1.807, 2.05) is 0 Å². The van der Waals surface area contributed by atoms with E-state index in [0.717, 1.165) is 12.8 Å². The van der Waals surface area contributed by atoms with Gasteiger partial charge >= 0.3 is 0 Å². The third kappa shape index (κ3) is 2.62. The molecule has 0 amide bonds. The number of methoxy groups -OCH3 is 1. The van der Waals surface area contributed by atoms with Crippen molar-refractivity contribution in [3.63, 3.8) is 0 Å². The second-order valence-electron chi connectivity index (χ2n) is 5.12. The van der Waals surface area contributed by atoms with E-state index >= 15 is 0 Å². The van der Waals surface area contributed by atoms with E-state index in [4.69, 9.17) is 20.9 Å². The van der Waals surface area contributed by atoms with Crippen LogP contribution in [0.15, 0.2) is 27.7 Å². The van der Waals surface area contributed by atoms with E-state index < -0.39 is 11.2 Å². The Morgan fingerprint density at radius 1 is 1.45 bits per heavy atom. The third-order valence-electron chi connectivity index (χ3n) is 3.59. The third-order valence-corrected chi connectivity index (χ3v) is 5.00. The van der Waals surface area contributed by atoms with Gasteiger partial charge in [0.2, 0.25) is 10.7 Å². The Hall–Kier alpha value is -1.50. The number of halogens is 1. The van der Waals surface area contributed by atoms with Gasteiger partial charge in [0.1, 0.15) is 6.26 Å². The Morgan fingerprint density at radius 2 is 2.18 bits per heavy atom. The smallest absolute Gasteiger partial charge is 0.213 e. The Bertz CT molecular complexity index is 724. The second kappa shape index (κ2) is 5.95. The molecule has 1 unspecified atom stereocenters. The van der Waals surface area contributed by atoms with Crippen molar-refractivity contribution in [1.29, 1.82) is 0 Å². The number of carbonyl (C=O) groups excluding carboxylic acids is 1. The van der Waals surface area contributed by atoms with Crippen molar-refractivity contribution in [3.05, 3.63) is 40.2 Å². The van der Waals surface area contributed by atoms with Crippen LogP contribution in [0.2, 0.25) is 5.02 Å². The zero-order chi connectivity index (χ0) is 15.9. The molecule has 1 fully saturated rings. The first-order valence-corrected chi connectivity index (χ1v) is 8.67. The summed E-state index contributed by atoms with van der Waals surface area (Å²) >= 11 is 4.71. The standard InChI is InChI=1S/C15H14ClNO4S/c1-20-14-9(5-6-11(16)15(14)22(2)19)12(18)10-7-17-21-13(10)8-3-4-8/h5-8H,3-4H2,1-2H3. The molecule has 5 nitrogen and oxygen atoms in total. The molecule has 0 bridgehead atoms. The van der Waals surface area contributed by atoms with Gasteiger partial charge in [0.05, 0.1) is 29.5 Å². The summed E-state index contributed by atoms with van der Waals surface area (Å²) in [5.74, 6) is 0.852. The number of ketones is 1. The van der Waals surface area contributed by atoms with Crippen molar-refractivity contribution in [3.8, 4) is 5.75 Å². The lowest BCUT2D eigenvalue weighted by Gasteiger charge is -2.14. The predicted molar refractivity (Wildman–Crippen MR) is 82.2 cm³/mol. The van der Waals surface area contributed by atoms with E-state index in [9.17, 15) is 9.35 Å². The van der Waals surface area contributed by atoms with Crippen molar-refractivity contribution in [2.75, 3.05) is 13.4 Å². The molecule has 0 N–H and O–H groups in total. The topological polar surface area (TPSA) is 75.4 Å². The van der Waals surface area contributed by atoms with E-state index in [1.165, 1.54) is 19.6 Å². The molecule has 22 heavy (non-hydrogen) atoms. The maximum absolute atomic E-state index is 12.8. The first kappa shape index (κ1) is 15.4. The molecule has 0 saturated heterocycles. The lowest BCUT2D eigenvalue weighted by molar-refractivity contribution is 0.103. The Labute approximate surface area is 135 Å². The van der Waals surface area contributed by atoms with Crippen LogP contribution in [0.3, 0.4) is 0 Å². The molecule has 1 aliphatic carbocycles. The lowest BCUT2D eigenvalue weighted by atomic mass is 10.0. The number of hydrogen-bond donors (Lipinski definition) is 0. The van der Waals surface area contributed by atoms with E-state index in [1.54, 1.807) is 12.1 Å². The molecular formula is C15H14ClNO4S. The summed E-state index contributed by atoms with van der Waals surface area (Å²) in [5.41, 5.74) is 0.734. The molecule has 1 atom stereocenters. The maximum atomic E-state index is 12.8. The van der Waals surface area contributed by atoms with Crippen molar-refractivity contribution in [2.45, 2.75) is 23.7 Å². The number of carbonyl (C=O) groups is 1. The number of hydrogen-bond acceptors (Lipinski definition) is 5. The number of nitrogens with zero attached hydrogens (tertiary/aromatic N) is 1. The first-order chi connectivity index (χ1) is 10.5. The maximum Gasteiger partial charge on any atom is 0.213 e. The van der Waals surface area contributed by atoms with Crippen LogP contribution in [0.25, 0.3) is 0 Å². The average Bonchev–Trinajstić information content (AvgIpc) is 3.22. The monoisotopic (exact) mass is 339 g/mol. The quantitative estimate of drug-likeness (QED) is 0.617. The van der Waals surface area contributed by atoms with E-state index in [0.29, 0.717) is 26.8 Å². The molecular weight excluding hydrogens is 326 g/mol. The van der Waals surface area contributed by atoms with Gasteiger partial charge < -0.3 is 13.8 Å². The molecule has 0 aliphatic heterocycles. The number of aromatic nitrogens is 1. The van der Waals surface area contributed by atoms with Gasteiger partial charge in [-0.2, -0.15) is 0 Å². The Kier molecular flexibility index (Phi) is 4.16. The predicted octanol–water partition coefficient (Wildman–Crippen LogP) is 3.18. The fourth-order valence-corrected chi connectivity index (χ4v) is 3.66. The minimum absolute atomic E-state index is 0.237. The van der Waals surface area contributed by atoms with Gasteiger partial charge in [-0.1, -0.05) is 16.8 Å². The summed E-state index contributed by atoms with van der Waals surface area (Å²) in [5, 5.41) is 4.05. The fraction of sp³-hybridized carbons (Fsp3) is 0.333. The van der Waals surface area contributed by atoms with Crippen LogP contribution < -0.4 is 4.74 Å². The molecule has 1 heterocycles. The minimum atomic E-state index is -1.38. The van der Waals surface area contributed by atoms with Crippen LogP contribution in [-0.2, 0) is 11.2 Å². The van der Waals surface area contributed by atoms with Gasteiger partial charge in [0.15, 0.2) is 11.5 Å². The van der Waals surface area contributed by atoms with E-state index in [2.05, 4.69) is 5.16 Å². The Morgan fingerprint density at radius 3 is 2.77 bits per heavy atom. The average molecular weight is 340 g/mol. The lowest BCUT2D eigenvalue weighted by Crippen LogP contribution is -2.10. The number of benzene rings is 1. The first-order valence-electron chi connectivity index (χ1n) is 6.73. The van der Waals surface area contributed by atoms with Gasteiger partial charge in [-0.05, 0) is 36.2 Å². The zero-order valence-electron chi connectivity index (χ0n) is 12.1. The SMILES string of the molecule is COc1c(C(=O)c2cnoc2C2CC2)ccc(Cl)c1[S+](C)[O-]. The highest BCUT2D eigenvalue weighted by molar-refractivity contribution is 7.91. The summed E-state index contributed by atoms with van der Waals surface area (Å²) < 4.78 is 22.4. The highest BCUT2D eigenvalue weighted by atomic mass is 35.5. The van der Waals surface area contributed by atoms with Crippen LogP contribution in [0.4, 0.5) is 0 Å². The van der Waals surface area contributed by atoms with Crippen LogP contribution in [-0.4, -0.2) is 28.9 Å². The van der Waals surface area contributed by atoms with Crippen LogP contribution in [0, 0.1) is 0 Å². The van der Waals surface area contributed by atoms with Gasteiger partial charge in [-0.25, -0.2) is 0 Å². The summed E-state index contributed by atoms with van der Waals surface area (Å²) in [4.78, 5) is 13.1. The summed E-state index contributed by atoms with van der Waals surface area (Å²) in [6, 6.07) is 3.13. The largest absolute Gasteiger partial charge is 0.612 e. The molecule has 1 aromatic heterocycles. The van der Waals surface area contributed by atoms with Gasteiger partial charge in [-0.15, -0.1) is 0 Å². The molecule has 1 aromatic carbocycles. The van der Waals surface area contributed by atoms with E-state index in [-0.39, 0.29) is 17.5 Å². The number of ether oxygens (including phenoxy) is 1. The second-order valence-corrected chi connectivity index (χ2v) is 6.84. The molecule has 116 valence electrons. The summed E-state index contributed by atoms with van der Waals surface area (Å²) in [6.07, 6.45) is 4.91. The van der Waals surface area contributed by atoms with Gasteiger partial charge in [0, 0.05) is 5.92 Å². The fourth-order valence-electron chi connectivity index (χ4n) is 2.39. The van der Waals surface area contributed by atoms with Crippen molar-refractivity contribution in [1.82, 2.24) is 5.16 Å². The molecule has 0 spiro atoms. The normalized spacial score (nSPS) is 15.6. The molecule has 3 rings (SSSR count). The van der Waals surface area contributed by atoms with Gasteiger partial charge in [0.25, 0.3) is 0 Å². The highest BCUT2D eigenvalue weighted by Gasteiger charge is 2.34. The molecule has 7 heteroatoms. The van der Waals surface area contributed by atoms with Crippen molar-refractivity contribution in [2.24, 2.45) is 0 Å². The van der Waals surface area contributed by atoms with Crippen LogP contribution in [0.1, 0.15) is 40.4 Å². The Balaban J connectivity index is 2.09. The number of rotatable bonds is 5. The van der Waals surface area contributed by atoms with Crippen molar-refractivity contribution < 1.29 is 18.6 Å². The molecule has 0 radical (unpaired) electrons. The molecule has 2 aromatic rings. The summed E-state index contributed by atoms with van der Waals surface area (Å²) in [7, 11) is 1.42. The highest BCUT2D eigenvalue weighted by Crippen LogP contribution is 2.43. The minimum Gasteiger partial charge on any atom is -0.612 e. The van der Waals surface area contributed by atoms with Crippen molar-refractivity contribution >= 4 is 28.6 Å².